The maximum absolute atomic E-state index is 8.78. The lowest BCUT2D eigenvalue weighted by molar-refractivity contribution is 0.539. The third kappa shape index (κ3) is 6.13. The lowest BCUT2D eigenvalue weighted by atomic mass is 10.2. The fourth-order valence-electron chi connectivity index (χ4n) is 2.11. The van der Waals surface area contributed by atoms with Crippen molar-refractivity contribution in [2.45, 2.75) is 0 Å². The van der Waals surface area contributed by atoms with Gasteiger partial charge in [0, 0.05) is 41.6 Å². The lowest BCUT2D eigenvalue weighted by Crippen LogP contribution is -2.12. The van der Waals surface area contributed by atoms with Gasteiger partial charge in [0.05, 0.1) is 0 Å². The minimum atomic E-state index is -2.36. The molecule has 3 rings (SSSR count). The molecule has 0 radical (unpaired) electrons. The summed E-state index contributed by atoms with van der Waals surface area (Å²) in [5.41, 5.74) is 8.48. The first-order valence-corrected chi connectivity index (χ1v) is 8.67. The summed E-state index contributed by atoms with van der Waals surface area (Å²) in [5.74, 6) is 1.35. The molecule has 26 heavy (non-hydrogen) atoms. The van der Waals surface area contributed by atoms with E-state index in [9.17, 15) is 0 Å². The minimum Gasteiger partial charge on any atom is -0.760 e. The number of nitrogen functional groups attached to an aromatic ring is 1. The zero-order valence-corrected chi connectivity index (χ0v) is 14.9. The molecule has 1 aromatic heterocycles. The second-order valence-electron chi connectivity index (χ2n) is 5.14. The Labute approximate surface area is 154 Å². The number of benzene rings is 2. The van der Waals surface area contributed by atoms with Gasteiger partial charge in [0.25, 0.3) is 0 Å². The van der Waals surface area contributed by atoms with E-state index in [-0.39, 0.29) is 0 Å². The van der Waals surface area contributed by atoms with Crippen molar-refractivity contribution in [2.24, 2.45) is 5.14 Å². The van der Waals surface area contributed by atoms with E-state index in [1.165, 1.54) is 0 Å². The first kappa shape index (κ1) is 19.3. The summed E-state index contributed by atoms with van der Waals surface area (Å²) in [6, 6.07) is 19.4. The molecule has 0 amide bonds. The van der Waals surface area contributed by atoms with E-state index in [0.29, 0.717) is 5.95 Å². The van der Waals surface area contributed by atoms with E-state index >= 15 is 0 Å². The van der Waals surface area contributed by atoms with E-state index < -0.39 is 11.3 Å². The topological polar surface area (TPSA) is 133 Å². The fourth-order valence-corrected chi connectivity index (χ4v) is 2.11. The number of nitrogens with two attached hydrogens (primary N) is 2. The van der Waals surface area contributed by atoms with Gasteiger partial charge < -0.3 is 20.5 Å². The van der Waals surface area contributed by atoms with Crippen LogP contribution in [0, 0.1) is 0 Å². The third-order valence-electron chi connectivity index (χ3n) is 3.27. The van der Waals surface area contributed by atoms with Gasteiger partial charge in [0.1, 0.15) is 5.82 Å². The van der Waals surface area contributed by atoms with Crippen molar-refractivity contribution in [3.05, 3.63) is 66.9 Å². The van der Waals surface area contributed by atoms with Crippen LogP contribution in [-0.2, 0) is 11.3 Å². The highest BCUT2D eigenvalue weighted by atomic mass is 32.2. The Morgan fingerprint density at radius 3 is 2.46 bits per heavy atom. The standard InChI is InChI=1S/C17H17N5.H3NO2S/c1-22(15-9-5-6-13(18)12-15)16-10-11-19-17(21-16)20-14-7-3-2-4-8-14;1-4(2)3/h2-12H,18H2,1H3,(H,19,20,21);1H2,(H,2,3)/p-1. The monoisotopic (exact) mass is 371 g/mol. The zero-order chi connectivity index (χ0) is 18.9. The molecule has 1 atom stereocenters. The molecule has 0 aliphatic heterocycles. The summed E-state index contributed by atoms with van der Waals surface area (Å²) in [7, 11) is 1.95. The highest BCUT2D eigenvalue weighted by molar-refractivity contribution is 7.76. The maximum atomic E-state index is 8.78. The molecule has 0 aliphatic carbocycles. The quantitative estimate of drug-likeness (QED) is 0.473. The summed E-state index contributed by atoms with van der Waals surface area (Å²) in [5, 5.41) is 7.22. The molecule has 5 N–H and O–H groups in total. The van der Waals surface area contributed by atoms with Gasteiger partial charge in [-0.1, -0.05) is 24.3 Å². The van der Waals surface area contributed by atoms with E-state index in [2.05, 4.69) is 20.4 Å². The van der Waals surface area contributed by atoms with Crippen LogP contribution in [0.15, 0.2) is 66.9 Å². The Kier molecular flexibility index (Phi) is 7.03. The van der Waals surface area contributed by atoms with Crippen molar-refractivity contribution in [1.29, 1.82) is 0 Å². The number of aromatic nitrogens is 2. The maximum Gasteiger partial charge on any atom is 0.229 e. The molecule has 2 aromatic carbocycles. The van der Waals surface area contributed by atoms with Crippen LogP contribution in [0.2, 0.25) is 0 Å². The van der Waals surface area contributed by atoms with E-state index in [1.807, 2.05) is 72.6 Å². The Hall–Kier alpha value is -3.01. The first-order chi connectivity index (χ1) is 12.5. The van der Waals surface area contributed by atoms with Crippen molar-refractivity contribution in [1.82, 2.24) is 9.97 Å². The van der Waals surface area contributed by atoms with Gasteiger partial charge in [0.15, 0.2) is 0 Å². The first-order valence-electron chi connectivity index (χ1n) is 7.54. The van der Waals surface area contributed by atoms with E-state index in [4.69, 9.17) is 14.5 Å². The number of hydrogen-bond donors (Lipinski definition) is 3. The van der Waals surface area contributed by atoms with Crippen LogP contribution in [0.1, 0.15) is 0 Å². The van der Waals surface area contributed by atoms with Crippen LogP contribution >= 0.6 is 0 Å². The molecule has 0 saturated carbocycles. The molecule has 0 saturated heterocycles. The number of nitrogens with zero attached hydrogens (tertiary/aromatic N) is 3. The molecule has 0 fully saturated rings. The van der Waals surface area contributed by atoms with Gasteiger partial charge in [-0.05, 0) is 36.4 Å². The molecule has 0 bridgehead atoms. The number of nitrogens with one attached hydrogen (secondary N) is 1. The highest BCUT2D eigenvalue weighted by Crippen LogP contribution is 2.24. The van der Waals surface area contributed by atoms with Gasteiger partial charge >= 0.3 is 0 Å². The molecule has 136 valence electrons. The Bertz CT molecular complexity index is 859. The van der Waals surface area contributed by atoms with Gasteiger partial charge in [-0.25, -0.2) is 4.98 Å². The van der Waals surface area contributed by atoms with E-state index in [1.54, 1.807) is 6.20 Å². The smallest absolute Gasteiger partial charge is 0.229 e. The molecular formula is C17H19N6O2S-. The minimum absolute atomic E-state index is 0.555. The summed E-state index contributed by atoms with van der Waals surface area (Å²) < 4.78 is 17.6. The van der Waals surface area contributed by atoms with Crippen molar-refractivity contribution >= 4 is 40.1 Å². The normalized spacial score (nSPS) is 11.0. The Balaban J connectivity index is 0.000000552. The molecule has 9 heteroatoms. The van der Waals surface area contributed by atoms with Crippen LogP contribution in [0.3, 0.4) is 0 Å². The molecule has 1 unspecified atom stereocenters. The molecule has 3 aromatic rings. The highest BCUT2D eigenvalue weighted by Gasteiger charge is 2.07. The Morgan fingerprint density at radius 1 is 1.12 bits per heavy atom. The fraction of sp³-hybridized carbons (Fsp3) is 0.0588. The van der Waals surface area contributed by atoms with Crippen LogP contribution in [0.25, 0.3) is 0 Å². The molecule has 0 spiro atoms. The van der Waals surface area contributed by atoms with Crippen molar-refractivity contribution in [3.8, 4) is 0 Å². The van der Waals surface area contributed by atoms with Crippen LogP contribution in [0.4, 0.5) is 28.8 Å². The van der Waals surface area contributed by atoms with E-state index in [0.717, 1.165) is 22.9 Å². The second kappa shape index (κ2) is 9.47. The zero-order valence-electron chi connectivity index (χ0n) is 14.1. The average Bonchev–Trinajstić information content (AvgIpc) is 2.62. The van der Waals surface area contributed by atoms with Crippen LogP contribution < -0.4 is 21.1 Å². The summed E-state index contributed by atoms with van der Waals surface area (Å²) >= 11 is -2.36. The predicted octanol–water partition coefficient (Wildman–Crippen LogP) is 2.31. The summed E-state index contributed by atoms with van der Waals surface area (Å²) in [4.78, 5) is 10.8. The summed E-state index contributed by atoms with van der Waals surface area (Å²) in [6.07, 6.45) is 1.73. The van der Waals surface area contributed by atoms with Crippen molar-refractivity contribution in [3.63, 3.8) is 0 Å². The summed E-state index contributed by atoms with van der Waals surface area (Å²) in [6.45, 7) is 0. The average molecular weight is 371 g/mol. The number of anilines is 5. The molecule has 1 heterocycles. The molecule has 8 nitrogen and oxygen atoms in total. The molecule has 0 aliphatic rings. The predicted molar refractivity (Wildman–Crippen MR) is 104 cm³/mol. The lowest BCUT2D eigenvalue weighted by Gasteiger charge is -2.19. The van der Waals surface area contributed by atoms with Gasteiger partial charge in [0.2, 0.25) is 5.95 Å². The third-order valence-corrected chi connectivity index (χ3v) is 3.27. The second-order valence-corrected chi connectivity index (χ2v) is 5.66. The number of para-hydroxylation sites is 1. The molecular weight excluding hydrogens is 352 g/mol. The number of hydrogen-bond acceptors (Lipinski definition) is 7. The van der Waals surface area contributed by atoms with Crippen LogP contribution in [0.5, 0.6) is 0 Å². The number of rotatable bonds is 4. The van der Waals surface area contributed by atoms with Crippen LogP contribution in [-0.4, -0.2) is 25.8 Å². The van der Waals surface area contributed by atoms with Gasteiger partial charge in [-0.3, -0.25) is 9.35 Å². The van der Waals surface area contributed by atoms with Gasteiger partial charge in [-0.15, -0.1) is 0 Å². The van der Waals surface area contributed by atoms with Crippen molar-refractivity contribution in [2.75, 3.05) is 23.0 Å². The SMILES string of the molecule is CN(c1cccc(N)c1)c1ccnc(Nc2ccccc2)n1.NS(=O)[O-]. The van der Waals surface area contributed by atoms with Gasteiger partial charge in [-0.2, -0.15) is 4.98 Å². The van der Waals surface area contributed by atoms with Crippen molar-refractivity contribution < 1.29 is 8.76 Å². The largest absolute Gasteiger partial charge is 0.760 e. The Morgan fingerprint density at radius 2 is 1.81 bits per heavy atom.